The van der Waals surface area contributed by atoms with Gasteiger partial charge in [-0.2, -0.15) is 13.2 Å². The lowest BCUT2D eigenvalue weighted by Crippen LogP contribution is -2.19. The van der Waals surface area contributed by atoms with Crippen molar-refractivity contribution in [1.82, 2.24) is 4.37 Å². The zero-order valence-corrected chi connectivity index (χ0v) is 8.61. The highest BCUT2D eigenvalue weighted by Crippen LogP contribution is 2.26. The molecule has 0 saturated carbocycles. The van der Waals surface area contributed by atoms with Gasteiger partial charge in [0.15, 0.2) is 6.61 Å². The Balaban J connectivity index is 2.37. The van der Waals surface area contributed by atoms with E-state index in [2.05, 4.69) is 9.11 Å². The van der Waals surface area contributed by atoms with Gasteiger partial charge >= 0.3 is 6.18 Å². The van der Waals surface area contributed by atoms with Gasteiger partial charge < -0.3 is 4.74 Å². The van der Waals surface area contributed by atoms with Gasteiger partial charge in [0.1, 0.15) is 11.1 Å². The van der Waals surface area contributed by atoms with Crippen LogP contribution in [-0.4, -0.2) is 17.2 Å². The van der Waals surface area contributed by atoms with Crippen molar-refractivity contribution in [3.63, 3.8) is 0 Å². The highest BCUT2D eigenvalue weighted by molar-refractivity contribution is 7.13. The number of rotatable bonds is 2. The third-order valence-corrected chi connectivity index (χ3v) is 2.71. The molecule has 0 bridgehead atoms. The van der Waals surface area contributed by atoms with Crippen LogP contribution in [0.25, 0.3) is 10.1 Å². The largest absolute Gasteiger partial charge is 0.483 e. The number of aromatic nitrogens is 1. The summed E-state index contributed by atoms with van der Waals surface area (Å²) < 4.78 is 43.5. The van der Waals surface area contributed by atoms with Gasteiger partial charge in [0.05, 0.1) is 4.70 Å². The molecular formula is C9H6F3NO2S. The number of aromatic amines is 1. The molecule has 0 unspecified atom stereocenters. The molecule has 0 radical (unpaired) electrons. The number of benzene rings is 1. The van der Waals surface area contributed by atoms with E-state index in [0.717, 1.165) is 11.5 Å². The Kier molecular flexibility index (Phi) is 2.63. The van der Waals surface area contributed by atoms with Crippen LogP contribution in [0.2, 0.25) is 0 Å². The summed E-state index contributed by atoms with van der Waals surface area (Å²) in [6, 6.07) is 4.52. The Hall–Kier alpha value is -1.50. The number of ether oxygens (including phenoxy) is 1. The number of fused-ring (bicyclic) bond motifs is 1. The van der Waals surface area contributed by atoms with Crippen LogP contribution in [0.5, 0.6) is 5.75 Å². The fourth-order valence-corrected chi connectivity index (χ4v) is 2.00. The van der Waals surface area contributed by atoms with Crippen molar-refractivity contribution in [3.05, 3.63) is 28.6 Å². The van der Waals surface area contributed by atoms with Crippen molar-refractivity contribution in [2.75, 3.05) is 6.61 Å². The Bertz CT molecular complexity index is 558. The lowest BCUT2D eigenvalue weighted by atomic mass is 10.2. The summed E-state index contributed by atoms with van der Waals surface area (Å²) in [5.74, 6) is -0.0441. The van der Waals surface area contributed by atoms with E-state index in [1.165, 1.54) is 12.1 Å². The molecule has 0 aliphatic heterocycles. The molecule has 0 fully saturated rings. The molecule has 0 atom stereocenters. The van der Waals surface area contributed by atoms with Gasteiger partial charge in [0.2, 0.25) is 0 Å². The molecule has 2 aromatic rings. The molecule has 0 spiro atoms. The number of hydrogen-bond acceptors (Lipinski definition) is 3. The van der Waals surface area contributed by atoms with Crippen LogP contribution in [0.1, 0.15) is 0 Å². The lowest BCUT2D eigenvalue weighted by Gasteiger charge is -2.09. The predicted molar refractivity (Wildman–Crippen MR) is 54.0 cm³/mol. The standard InChI is InChI=1S/C9H6F3NO2S/c10-9(11,12)4-15-5-2-1-3-6-7(5)8(14)13-16-6/h1-3H,4H2,(H,13,14). The summed E-state index contributed by atoms with van der Waals surface area (Å²) in [7, 11) is 0. The van der Waals surface area contributed by atoms with Gasteiger partial charge in [0, 0.05) is 0 Å². The highest BCUT2D eigenvalue weighted by atomic mass is 32.1. The molecule has 86 valence electrons. The first-order valence-electron chi connectivity index (χ1n) is 4.27. The smallest absolute Gasteiger partial charge is 0.422 e. The third-order valence-electron chi connectivity index (χ3n) is 1.86. The Morgan fingerprint density at radius 3 is 2.81 bits per heavy atom. The van der Waals surface area contributed by atoms with Crippen molar-refractivity contribution in [2.24, 2.45) is 0 Å². The van der Waals surface area contributed by atoms with Gasteiger partial charge in [-0.3, -0.25) is 9.17 Å². The molecule has 1 N–H and O–H groups in total. The maximum absolute atomic E-state index is 12.0. The second-order valence-corrected chi connectivity index (χ2v) is 3.91. The fraction of sp³-hybridized carbons (Fsp3) is 0.222. The molecule has 0 saturated heterocycles. The van der Waals surface area contributed by atoms with Gasteiger partial charge in [0.25, 0.3) is 5.56 Å². The molecule has 0 aliphatic carbocycles. The van der Waals surface area contributed by atoms with Gasteiger partial charge in [-0.1, -0.05) is 17.6 Å². The van der Waals surface area contributed by atoms with E-state index in [4.69, 9.17) is 0 Å². The van der Waals surface area contributed by atoms with E-state index < -0.39 is 18.3 Å². The lowest BCUT2D eigenvalue weighted by molar-refractivity contribution is -0.153. The molecule has 0 aliphatic rings. The van der Waals surface area contributed by atoms with E-state index in [9.17, 15) is 18.0 Å². The fourth-order valence-electron chi connectivity index (χ4n) is 1.25. The van der Waals surface area contributed by atoms with Crippen molar-refractivity contribution in [1.29, 1.82) is 0 Å². The topological polar surface area (TPSA) is 42.1 Å². The quantitative estimate of drug-likeness (QED) is 0.888. The second kappa shape index (κ2) is 3.82. The molecule has 1 aromatic carbocycles. The normalized spacial score (nSPS) is 11.9. The van der Waals surface area contributed by atoms with Crippen LogP contribution >= 0.6 is 11.5 Å². The van der Waals surface area contributed by atoms with Gasteiger partial charge in [-0.05, 0) is 12.1 Å². The van der Waals surface area contributed by atoms with E-state index in [-0.39, 0.29) is 11.1 Å². The van der Waals surface area contributed by atoms with Crippen LogP contribution in [-0.2, 0) is 0 Å². The SMILES string of the molecule is O=c1[nH]sc2cccc(OCC(F)(F)F)c12. The van der Waals surface area contributed by atoms with Crippen LogP contribution in [0.3, 0.4) is 0 Å². The van der Waals surface area contributed by atoms with Gasteiger partial charge in [-0.25, -0.2) is 0 Å². The molecular weight excluding hydrogens is 243 g/mol. The van der Waals surface area contributed by atoms with E-state index >= 15 is 0 Å². The molecule has 3 nitrogen and oxygen atoms in total. The van der Waals surface area contributed by atoms with Crippen molar-refractivity contribution < 1.29 is 17.9 Å². The van der Waals surface area contributed by atoms with E-state index in [1.807, 2.05) is 0 Å². The summed E-state index contributed by atoms with van der Waals surface area (Å²) in [5.41, 5.74) is -0.433. The molecule has 7 heteroatoms. The van der Waals surface area contributed by atoms with Crippen LogP contribution in [0, 0.1) is 0 Å². The first-order chi connectivity index (χ1) is 7.47. The third kappa shape index (κ3) is 2.19. The van der Waals surface area contributed by atoms with E-state index in [0.29, 0.717) is 4.70 Å². The number of hydrogen-bond donors (Lipinski definition) is 1. The monoisotopic (exact) mass is 249 g/mol. The molecule has 16 heavy (non-hydrogen) atoms. The number of alkyl halides is 3. The Labute approximate surface area is 91.6 Å². The number of H-pyrrole nitrogens is 1. The minimum absolute atomic E-state index is 0.0441. The van der Waals surface area contributed by atoms with Crippen molar-refractivity contribution >= 4 is 21.6 Å². The molecule has 0 amide bonds. The summed E-state index contributed by atoms with van der Waals surface area (Å²) >= 11 is 1.06. The van der Waals surface area contributed by atoms with Gasteiger partial charge in [-0.15, -0.1) is 0 Å². The highest BCUT2D eigenvalue weighted by Gasteiger charge is 2.28. The molecule has 2 rings (SSSR count). The zero-order valence-electron chi connectivity index (χ0n) is 7.80. The Morgan fingerprint density at radius 1 is 1.38 bits per heavy atom. The minimum atomic E-state index is -4.41. The average molecular weight is 249 g/mol. The minimum Gasteiger partial charge on any atom is -0.483 e. The Morgan fingerprint density at radius 2 is 2.12 bits per heavy atom. The molecule has 1 aromatic heterocycles. The first-order valence-corrected chi connectivity index (χ1v) is 5.09. The average Bonchev–Trinajstić information content (AvgIpc) is 2.57. The number of halogens is 3. The van der Waals surface area contributed by atoms with Crippen LogP contribution in [0.15, 0.2) is 23.0 Å². The molecule has 1 heterocycles. The van der Waals surface area contributed by atoms with Crippen molar-refractivity contribution in [2.45, 2.75) is 6.18 Å². The number of nitrogens with one attached hydrogen (secondary N) is 1. The first kappa shape index (κ1) is 11.0. The summed E-state index contributed by atoms with van der Waals surface area (Å²) in [6.45, 7) is -1.40. The van der Waals surface area contributed by atoms with E-state index in [1.54, 1.807) is 6.07 Å². The van der Waals surface area contributed by atoms with Crippen LogP contribution in [0.4, 0.5) is 13.2 Å². The predicted octanol–water partition coefficient (Wildman–Crippen LogP) is 2.53. The summed E-state index contributed by atoms with van der Waals surface area (Å²) in [5, 5.41) is 0.164. The summed E-state index contributed by atoms with van der Waals surface area (Å²) in [6.07, 6.45) is -4.41. The van der Waals surface area contributed by atoms with Crippen molar-refractivity contribution in [3.8, 4) is 5.75 Å². The second-order valence-electron chi connectivity index (χ2n) is 3.07. The zero-order chi connectivity index (χ0) is 11.8. The maximum Gasteiger partial charge on any atom is 0.422 e. The summed E-state index contributed by atoms with van der Waals surface area (Å²) in [4.78, 5) is 11.3. The maximum atomic E-state index is 12.0. The van der Waals surface area contributed by atoms with Crippen LogP contribution < -0.4 is 10.3 Å².